The van der Waals surface area contributed by atoms with Crippen LogP contribution >= 0.6 is 0 Å². The lowest BCUT2D eigenvalue weighted by atomic mass is 10.2. The standard InChI is InChI=1S/C11H17NO/c1-9-4-3-5-11(8-9)13-10(2)6-7-12/h3-5,8,10H,6-7,12H2,1-2H3. The van der Waals surface area contributed by atoms with E-state index in [4.69, 9.17) is 10.5 Å². The summed E-state index contributed by atoms with van der Waals surface area (Å²) in [5.74, 6) is 0.931. The van der Waals surface area contributed by atoms with Crippen molar-refractivity contribution in [1.29, 1.82) is 0 Å². The third kappa shape index (κ3) is 3.47. The second kappa shape index (κ2) is 4.87. The summed E-state index contributed by atoms with van der Waals surface area (Å²) in [6.45, 7) is 4.77. The lowest BCUT2D eigenvalue weighted by molar-refractivity contribution is 0.214. The van der Waals surface area contributed by atoms with E-state index in [0.717, 1.165) is 12.2 Å². The zero-order valence-electron chi connectivity index (χ0n) is 8.29. The second-order valence-electron chi connectivity index (χ2n) is 3.32. The van der Waals surface area contributed by atoms with Gasteiger partial charge in [-0.3, -0.25) is 0 Å². The Balaban J connectivity index is 2.53. The van der Waals surface area contributed by atoms with E-state index in [0.29, 0.717) is 6.54 Å². The largest absolute Gasteiger partial charge is 0.491 e. The monoisotopic (exact) mass is 179 g/mol. The quantitative estimate of drug-likeness (QED) is 0.768. The highest BCUT2D eigenvalue weighted by molar-refractivity contribution is 5.27. The summed E-state index contributed by atoms with van der Waals surface area (Å²) in [5, 5.41) is 0. The number of hydrogen-bond donors (Lipinski definition) is 1. The van der Waals surface area contributed by atoms with E-state index in [1.165, 1.54) is 5.56 Å². The van der Waals surface area contributed by atoms with E-state index in [1.807, 2.05) is 25.1 Å². The van der Waals surface area contributed by atoms with Crippen LogP contribution in [-0.4, -0.2) is 12.6 Å². The predicted octanol–water partition coefficient (Wildman–Crippen LogP) is 2.11. The smallest absolute Gasteiger partial charge is 0.119 e. The molecular formula is C11H17NO. The van der Waals surface area contributed by atoms with Crippen molar-refractivity contribution in [3.8, 4) is 5.75 Å². The Bertz CT molecular complexity index is 260. The van der Waals surface area contributed by atoms with Gasteiger partial charge in [0.1, 0.15) is 5.75 Å². The van der Waals surface area contributed by atoms with Gasteiger partial charge in [0.2, 0.25) is 0 Å². The lowest BCUT2D eigenvalue weighted by Crippen LogP contribution is -2.16. The fourth-order valence-corrected chi connectivity index (χ4v) is 1.21. The summed E-state index contributed by atoms with van der Waals surface area (Å²) in [7, 11) is 0. The lowest BCUT2D eigenvalue weighted by Gasteiger charge is -2.13. The Morgan fingerprint density at radius 2 is 2.23 bits per heavy atom. The first-order valence-corrected chi connectivity index (χ1v) is 4.66. The number of nitrogens with two attached hydrogens (primary N) is 1. The van der Waals surface area contributed by atoms with Gasteiger partial charge in [-0.15, -0.1) is 0 Å². The normalized spacial score (nSPS) is 12.5. The molecule has 0 aromatic heterocycles. The maximum absolute atomic E-state index is 5.66. The van der Waals surface area contributed by atoms with E-state index in [1.54, 1.807) is 0 Å². The third-order valence-electron chi connectivity index (χ3n) is 1.90. The molecule has 0 radical (unpaired) electrons. The highest BCUT2D eigenvalue weighted by Crippen LogP contribution is 2.14. The molecule has 0 saturated carbocycles. The van der Waals surface area contributed by atoms with E-state index in [9.17, 15) is 0 Å². The summed E-state index contributed by atoms with van der Waals surface area (Å²) in [6.07, 6.45) is 1.10. The molecule has 1 atom stereocenters. The van der Waals surface area contributed by atoms with Crippen molar-refractivity contribution in [3.05, 3.63) is 29.8 Å². The fraction of sp³-hybridized carbons (Fsp3) is 0.455. The van der Waals surface area contributed by atoms with Crippen molar-refractivity contribution >= 4 is 0 Å². The molecule has 2 N–H and O–H groups in total. The highest BCUT2D eigenvalue weighted by Gasteiger charge is 2.01. The van der Waals surface area contributed by atoms with Crippen LogP contribution in [0.15, 0.2) is 24.3 Å². The van der Waals surface area contributed by atoms with Crippen molar-refractivity contribution in [2.45, 2.75) is 26.4 Å². The summed E-state index contributed by atoms with van der Waals surface area (Å²) in [4.78, 5) is 0. The summed E-state index contributed by atoms with van der Waals surface area (Å²) >= 11 is 0. The minimum Gasteiger partial charge on any atom is -0.491 e. The summed E-state index contributed by atoms with van der Waals surface area (Å²) in [5.41, 5.74) is 6.65. The van der Waals surface area contributed by atoms with Crippen molar-refractivity contribution in [2.75, 3.05) is 6.54 Å². The molecule has 0 fully saturated rings. The van der Waals surface area contributed by atoms with Crippen LogP contribution in [0, 0.1) is 6.92 Å². The molecule has 1 aromatic rings. The Hall–Kier alpha value is -1.02. The molecule has 0 heterocycles. The third-order valence-corrected chi connectivity index (χ3v) is 1.90. The number of aryl methyl sites for hydroxylation is 1. The van der Waals surface area contributed by atoms with Crippen LogP contribution in [0.2, 0.25) is 0 Å². The van der Waals surface area contributed by atoms with Gasteiger partial charge in [-0.2, -0.15) is 0 Å². The minimum atomic E-state index is 0.201. The molecule has 1 rings (SSSR count). The number of ether oxygens (including phenoxy) is 1. The van der Waals surface area contributed by atoms with E-state index in [-0.39, 0.29) is 6.10 Å². The Morgan fingerprint density at radius 1 is 1.46 bits per heavy atom. The summed E-state index contributed by atoms with van der Waals surface area (Å²) < 4.78 is 5.66. The van der Waals surface area contributed by atoms with Gasteiger partial charge in [0.05, 0.1) is 6.10 Å². The molecule has 0 amide bonds. The van der Waals surface area contributed by atoms with E-state index in [2.05, 4.69) is 13.0 Å². The molecule has 2 nitrogen and oxygen atoms in total. The molecule has 0 aliphatic rings. The topological polar surface area (TPSA) is 35.2 Å². The average molecular weight is 179 g/mol. The number of rotatable bonds is 4. The van der Waals surface area contributed by atoms with Crippen LogP contribution in [0.5, 0.6) is 5.75 Å². The number of benzene rings is 1. The van der Waals surface area contributed by atoms with Crippen LogP contribution < -0.4 is 10.5 Å². The van der Waals surface area contributed by atoms with Crippen molar-refractivity contribution in [3.63, 3.8) is 0 Å². The van der Waals surface area contributed by atoms with Crippen LogP contribution in [0.1, 0.15) is 18.9 Å². The van der Waals surface area contributed by atoms with Gasteiger partial charge in [0, 0.05) is 0 Å². The van der Waals surface area contributed by atoms with Gasteiger partial charge in [-0.05, 0) is 44.5 Å². The Labute approximate surface area is 79.7 Å². The van der Waals surface area contributed by atoms with E-state index < -0.39 is 0 Å². The van der Waals surface area contributed by atoms with Crippen molar-refractivity contribution < 1.29 is 4.74 Å². The highest BCUT2D eigenvalue weighted by atomic mass is 16.5. The first-order chi connectivity index (χ1) is 6.22. The van der Waals surface area contributed by atoms with Gasteiger partial charge >= 0.3 is 0 Å². The molecule has 0 saturated heterocycles. The molecule has 0 aliphatic carbocycles. The zero-order valence-corrected chi connectivity index (χ0v) is 8.29. The van der Waals surface area contributed by atoms with Gasteiger partial charge in [0.15, 0.2) is 0 Å². The molecule has 72 valence electrons. The zero-order chi connectivity index (χ0) is 9.68. The molecule has 0 spiro atoms. The predicted molar refractivity (Wildman–Crippen MR) is 54.9 cm³/mol. The van der Waals surface area contributed by atoms with Gasteiger partial charge in [-0.1, -0.05) is 12.1 Å². The fourth-order valence-electron chi connectivity index (χ4n) is 1.21. The van der Waals surface area contributed by atoms with Crippen LogP contribution in [0.4, 0.5) is 0 Å². The van der Waals surface area contributed by atoms with Gasteiger partial charge in [0.25, 0.3) is 0 Å². The first kappa shape index (κ1) is 10.1. The van der Waals surface area contributed by atoms with Crippen LogP contribution in [0.25, 0.3) is 0 Å². The van der Waals surface area contributed by atoms with Crippen LogP contribution in [0.3, 0.4) is 0 Å². The minimum absolute atomic E-state index is 0.201. The van der Waals surface area contributed by atoms with Crippen LogP contribution in [-0.2, 0) is 0 Å². The molecule has 2 heteroatoms. The molecular weight excluding hydrogens is 162 g/mol. The van der Waals surface area contributed by atoms with E-state index >= 15 is 0 Å². The Morgan fingerprint density at radius 3 is 2.85 bits per heavy atom. The first-order valence-electron chi connectivity index (χ1n) is 4.66. The molecule has 13 heavy (non-hydrogen) atoms. The van der Waals surface area contributed by atoms with Gasteiger partial charge in [-0.25, -0.2) is 0 Å². The van der Waals surface area contributed by atoms with Crippen molar-refractivity contribution in [2.24, 2.45) is 5.73 Å². The average Bonchev–Trinajstić information content (AvgIpc) is 2.04. The molecule has 1 unspecified atom stereocenters. The van der Waals surface area contributed by atoms with Crippen molar-refractivity contribution in [1.82, 2.24) is 0 Å². The number of hydrogen-bond acceptors (Lipinski definition) is 2. The Kier molecular flexibility index (Phi) is 3.77. The maximum atomic E-state index is 5.66. The molecule has 1 aromatic carbocycles. The maximum Gasteiger partial charge on any atom is 0.119 e. The van der Waals surface area contributed by atoms with Gasteiger partial charge < -0.3 is 10.5 Å². The SMILES string of the molecule is Cc1cccc(OC(C)CCN)c1. The molecule has 0 aliphatic heterocycles. The second-order valence-corrected chi connectivity index (χ2v) is 3.32. The molecule has 0 bridgehead atoms. The summed E-state index contributed by atoms with van der Waals surface area (Å²) in [6, 6.07) is 8.06.